The molecule has 0 saturated heterocycles. The lowest BCUT2D eigenvalue weighted by Gasteiger charge is -2.08. The summed E-state index contributed by atoms with van der Waals surface area (Å²) in [7, 11) is 1.43. The molecular weight excluding hydrogens is 360 g/mol. The van der Waals surface area contributed by atoms with Crippen molar-refractivity contribution in [1.29, 1.82) is 0 Å². The quantitative estimate of drug-likeness (QED) is 0.638. The molecule has 1 N–H and O–H groups in total. The van der Waals surface area contributed by atoms with Crippen LogP contribution in [0.5, 0.6) is 5.75 Å². The van der Waals surface area contributed by atoms with Crippen molar-refractivity contribution >= 4 is 22.7 Å². The van der Waals surface area contributed by atoms with E-state index in [1.807, 2.05) is 0 Å². The molecule has 140 valence electrons. The number of carboxylic acids is 1. The fourth-order valence-corrected chi connectivity index (χ4v) is 2.69. The molecule has 7 nitrogen and oxygen atoms in total. The van der Waals surface area contributed by atoms with Crippen LogP contribution in [0, 0.1) is 0 Å². The highest BCUT2D eigenvalue weighted by Crippen LogP contribution is 2.27. The Kier molecular flexibility index (Phi) is 5.11. The van der Waals surface area contributed by atoms with Gasteiger partial charge in [0.05, 0.1) is 12.6 Å². The lowest BCUT2D eigenvalue weighted by Crippen LogP contribution is -2.08. The van der Waals surface area contributed by atoms with Gasteiger partial charge in [0.2, 0.25) is 0 Å². The van der Waals surface area contributed by atoms with Crippen LogP contribution in [0.4, 0.5) is 8.78 Å². The van der Waals surface area contributed by atoms with E-state index in [0.717, 1.165) is 6.07 Å². The predicted molar refractivity (Wildman–Crippen MR) is 91.1 cm³/mol. The monoisotopic (exact) mass is 375 g/mol. The number of alkyl halides is 2. The van der Waals surface area contributed by atoms with Gasteiger partial charge in [0.25, 0.3) is 6.43 Å². The summed E-state index contributed by atoms with van der Waals surface area (Å²) >= 11 is 0. The molecular formula is C18H15F2N3O4. The van der Waals surface area contributed by atoms with Crippen molar-refractivity contribution < 1.29 is 28.2 Å². The molecule has 0 bridgehead atoms. The first kappa shape index (κ1) is 18.4. The summed E-state index contributed by atoms with van der Waals surface area (Å²) in [4.78, 5) is 27.0. The predicted octanol–water partition coefficient (Wildman–Crippen LogP) is 2.89. The van der Waals surface area contributed by atoms with Gasteiger partial charge in [0.1, 0.15) is 23.7 Å². The molecule has 0 saturated carbocycles. The van der Waals surface area contributed by atoms with Crippen LogP contribution < -0.4 is 4.74 Å². The molecule has 0 unspecified atom stereocenters. The van der Waals surface area contributed by atoms with E-state index in [2.05, 4.69) is 10.1 Å². The van der Waals surface area contributed by atoms with E-state index < -0.39 is 23.9 Å². The van der Waals surface area contributed by atoms with Gasteiger partial charge < -0.3 is 9.84 Å². The number of aromatic nitrogens is 3. The fraction of sp³-hybridized carbons (Fsp3) is 0.222. The maximum absolute atomic E-state index is 12.8. The Hall–Kier alpha value is -3.36. The first-order valence-electron chi connectivity index (χ1n) is 7.91. The highest BCUT2D eigenvalue weighted by Gasteiger charge is 2.17. The number of Topliss-reactive ketones (excluding diaryl/α,β-unsaturated/α-hetero) is 1. The number of fused-ring (bicyclic) bond motifs is 1. The van der Waals surface area contributed by atoms with Gasteiger partial charge in [-0.1, -0.05) is 6.07 Å². The number of rotatable bonds is 7. The third kappa shape index (κ3) is 4.08. The maximum Gasteiger partial charge on any atom is 0.325 e. The summed E-state index contributed by atoms with van der Waals surface area (Å²) in [6.45, 7) is -0.296. The van der Waals surface area contributed by atoms with Gasteiger partial charge in [-0.2, -0.15) is 5.10 Å². The van der Waals surface area contributed by atoms with Crippen molar-refractivity contribution in [2.45, 2.75) is 19.4 Å². The summed E-state index contributed by atoms with van der Waals surface area (Å²) in [6, 6.07) is 7.15. The number of halogens is 2. The standard InChI is InChI=1S/C18H15F2N3O4/c1-27-16-7-14-11(8-23(22-14)9-17(25)26)5-10(16)6-15(24)12-3-2-4-13(21-12)18(19)20/h2-5,7-8,18H,6,9H2,1H3,(H,25,26). The minimum atomic E-state index is -2.76. The van der Waals surface area contributed by atoms with Crippen LogP contribution in [0.3, 0.4) is 0 Å². The Bertz CT molecular complexity index is 1020. The van der Waals surface area contributed by atoms with Crippen molar-refractivity contribution in [2.24, 2.45) is 0 Å². The molecule has 0 spiro atoms. The zero-order valence-electron chi connectivity index (χ0n) is 14.2. The lowest BCUT2D eigenvalue weighted by molar-refractivity contribution is -0.137. The molecule has 0 radical (unpaired) electrons. The third-order valence-corrected chi connectivity index (χ3v) is 3.88. The topological polar surface area (TPSA) is 94.3 Å². The Labute approximate surface area is 152 Å². The third-order valence-electron chi connectivity index (χ3n) is 3.88. The number of carboxylic acid groups (broad SMARTS) is 1. The highest BCUT2D eigenvalue weighted by atomic mass is 19.3. The SMILES string of the molecule is COc1cc2nn(CC(=O)O)cc2cc1CC(=O)c1cccc(C(F)F)n1. The first-order valence-corrected chi connectivity index (χ1v) is 7.91. The minimum Gasteiger partial charge on any atom is -0.496 e. The largest absolute Gasteiger partial charge is 0.496 e. The average Bonchev–Trinajstić information content (AvgIpc) is 3.01. The van der Waals surface area contributed by atoms with Crippen LogP contribution in [0.1, 0.15) is 28.2 Å². The smallest absolute Gasteiger partial charge is 0.325 e. The van der Waals surface area contributed by atoms with Gasteiger partial charge in [-0.25, -0.2) is 13.8 Å². The number of carbonyl (C=O) groups is 2. The molecule has 0 atom stereocenters. The number of ketones is 1. The summed E-state index contributed by atoms with van der Waals surface area (Å²) < 4.78 is 32.1. The number of benzene rings is 1. The van der Waals surface area contributed by atoms with Crippen molar-refractivity contribution in [3.63, 3.8) is 0 Å². The van der Waals surface area contributed by atoms with Gasteiger partial charge in [0, 0.05) is 29.6 Å². The maximum atomic E-state index is 12.8. The van der Waals surface area contributed by atoms with Crippen LogP contribution in [0.2, 0.25) is 0 Å². The second kappa shape index (κ2) is 7.48. The summed E-state index contributed by atoms with van der Waals surface area (Å²) in [5.74, 6) is -1.08. The molecule has 1 aromatic carbocycles. The molecule has 9 heteroatoms. The van der Waals surface area contributed by atoms with Crippen LogP contribution in [0.25, 0.3) is 10.9 Å². The molecule has 27 heavy (non-hydrogen) atoms. The average molecular weight is 375 g/mol. The summed E-state index contributed by atoms with van der Waals surface area (Å²) in [6.07, 6.45) is -1.32. The first-order chi connectivity index (χ1) is 12.9. The molecule has 2 heterocycles. The Morgan fingerprint density at radius 2 is 2.07 bits per heavy atom. The van der Waals surface area contributed by atoms with Gasteiger partial charge >= 0.3 is 5.97 Å². The molecule has 0 fully saturated rings. The van der Waals surface area contributed by atoms with Gasteiger partial charge in [-0.05, 0) is 18.2 Å². The molecule has 0 aliphatic heterocycles. The lowest BCUT2D eigenvalue weighted by atomic mass is 10.0. The van der Waals surface area contributed by atoms with E-state index in [4.69, 9.17) is 9.84 Å². The van der Waals surface area contributed by atoms with E-state index in [9.17, 15) is 18.4 Å². The number of methoxy groups -OCH3 is 1. The molecule has 0 amide bonds. The second-order valence-corrected chi connectivity index (χ2v) is 5.79. The van der Waals surface area contributed by atoms with Crippen molar-refractivity contribution in [2.75, 3.05) is 7.11 Å². The van der Waals surface area contributed by atoms with E-state index in [1.54, 1.807) is 18.3 Å². The number of ether oxygens (including phenoxy) is 1. The zero-order valence-corrected chi connectivity index (χ0v) is 14.2. The number of nitrogens with zero attached hydrogens (tertiary/aromatic N) is 3. The molecule has 0 aliphatic carbocycles. The van der Waals surface area contributed by atoms with Crippen molar-refractivity contribution in [3.05, 3.63) is 53.5 Å². The van der Waals surface area contributed by atoms with Crippen LogP contribution in [-0.2, 0) is 17.8 Å². The van der Waals surface area contributed by atoms with Crippen molar-refractivity contribution in [3.8, 4) is 5.75 Å². The second-order valence-electron chi connectivity index (χ2n) is 5.79. The fourth-order valence-electron chi connectivity index (χ4n) is 2.69. The summed E-state index contributed by atoms with van der Waals surface area (Å²) in [5.41, 5.74) is 0.519. The molecule has 3 rings (SSSR count). The van der Waals surface area contributed by atoms with E-state index in [1.165, 1.54) is 23.9 Å². The number of aliphatic carboxylic acids is 1. The number of pyridine rings is 1. The molecule has 2 aromatic heterocycles. The van der Waals surface area contributed by atoms with E-state index >= 15 is 0 Å². The van der Waals surface area contributed by atoms with Crippen LogP contribution >= 0.6 is 0 Å². The van der Waals surface area contributed by atoms with Gasteiger partial charge in [0.15, 0.2) is 5.78 Å². The van der Waals surface area contributed by atoms with Gasteiger partial charge in [-0.15, -0.1) is 0 Å². The minimum absolute atomic E-state index is 0.0588. The number of hydrogen-bond acceptors (Lipinski definition) is 5. The van der Waals surface area contributed by atoms with E-state index in [-0.39, 0.29) is 18.7 Å². The summed E-state index contributed by atoms with van der Waals surface area (Å²) in [5, 5.41) is 13.6. The Morgan fingerprint density at radius 3 is 2.74 bits per heavy atom. The number of carbonyl (C=O) groups excluding carboxylic acids is 1. The van der Waals surface area contributed by atoms with E-state index in [0.29, 0.717) is 22.2 Å². The van der Waals surface area contributed by atoms with Gasteiger partial charge in [-0.3, -0.25) is 14.3 Å². The zero-order chi connectivity index (χ0) is 19.6. The molecule has 0 aliphatic rings. The van der Waals surface area contributed by atoms with Crippen LogP contribution in [0.15, 0.2) is 36.5 Å². The molecule has 3 aromatic rings. The normalized spacial score (nSPS) is 11.1. The van der Waals surface area contributed by atoms with Crippen molar-refractivity contribution in [1.82, 2.24) is 14.8 Å². The number of hydrogen-bond donors (Lipinski definition) is 1. The highest BCUT2D eigenvalue weighted by molar-refractivity contribution is 5.97. The Morgan fingerprint density at radius 1 is 1.30 bits per heavy atom. The Balaban J connectivity index is 1.92. The van der Waals surface area contributed by atoms with Crippen LogP contribution in [-0.4, -0.2) is 38.7 Å².